The Balaban J connectivity index is 1.59. The quantitative estimate of drug-likeness (QED) is 0.703. The van der Waals surface area contributed by atoms with Crippen LogP contribution in [-0.2, 0) is 11.3 Å². The predicted molar refractivity (Wildman–Crippen MR) is 96.8 cm³/mol. The van der Waals surface area contributed by atoms with Gasteiger partial charge in [-0.05, 0) is 30.7 Å². The molecule has 3 rings (SSSR count). The molecule has 0 saturated carbocycles. The van der Waals surface area contributed by atoms with Crippen LogP contribution in [0.4, 0.5) is 0 Å². The number of nitrogens with one attached hydrogen (secondary N) is 1. The van der Waals surface area contributed by atoms with E-state index in [9.17, 15) is 4.79 Å². The average Bonchev–Trinajstić information content (AvgIpc) is 3.08. The van der Waals surface area contributed by atoms with Gasteiger partial charge >= 0.3 is 0 Å². The number of hydrogen-bond acceptors (Lipinski definition) is 4. The first kappa shape index (κ1) is 16.9. The lowest BCUT2D eigenvalue weighted by Gasteiger charge is -1.98. The number of amides is 1. The molecule has 0 aliphatic heterocycles. The summed E-state index contributed by atoms with van der Waals surface area (Å²) >= 11 is 6.04. The fourth-order valence-electron chi connectivity index (χ4n) is 2.23. The lowest BCUT2D eigenvalue weighted by Crippen LogP contribution is -2.20. The highest BCUT2D eigenvalue weighted by molar-refractivity contribution is 6.32. The summed E-state index contributed by atoms with van der Waals surface area (Å²) in [5.74, 6) is 0.575. The fraction of sp³-hybridized carbons (Fsp3) is 0.105. The third-order valence-electron chi connectivity index (χ3n) is 3.48. The zero-order chi connectivity index (χ0) is 17.6. The molecule has 1 amide bonds. The molecule has 25 heavy (non-hydrogen) atoms. The third-order valence-corrected chi connectivity index (χ3v) is 3.82. The van der Waals surface area contributed by atoms with Crippen molar-refractivity contribution in [1.82, 2.24) is 15.5 Å². The number of carbonyl (C=O) groups is 1. The van der Waals surface area contributed by atoms with E-state index in [4.69, 9.17) is 16.1 Å². The Bertz CT molecular complexity index is 918. The number of aryl methyl sites for hydroxylation is 1. The summed E-state index contributed by atoms with van der Waals surface area (Å²) in [6, 6.07) is 15.1. The van der Waals surface area contributed by atoms with E-state index in [-0.39, 0.29) is 12.5 Å². The molecule has 0 bridgehead atoms. The van der Waals surface area contributed by atoms with Crippen LogP contribution in [0.15, 0.2) is 59.1 Å². The molecule has 2 aromatic carbocycles. The Labute approximate surface area is 150 Å². The largest absolute Gasteiger partial charge is 0.343 e. The summed E-state index contributed by atoms with van der Waals surface area (Å²) in [4.78, 5) is 16.2. The summed E-state index contributed by atoms with van der Waals surface area (Å²) in [6.45, 7) is 2.15. The lowest BCUT2D eigenvalue weighted by atomic mass is 10.1. The number of aromatic nitrogens is 2. The van der Waals surface area contributed by atoms with Crippen molar-refractivity contribution in [3.05, 3.63) is 76.6 Å². The molecule has 5 nitrogen and oxygen atoms in total. The van der Waals surface area contributed by atoms with Crippen molar-refractivity contribution < 1.29 is 9.32 Å². The van der Waals surface area contributed by atoms with Gasteiger partial charge in [-0.3, -0.25) is 4.79 Å². The third kappa shape index (κ3) is 4.55. The number of benzene rings is 2. The fourth-order valence-corrected chi connectivity index (χ4v) is 2.42. The minimum absolute atomic E-state index is 0.157. The van der Waals surface area contributed by atoms with Crippen molar-refractivity contribution in [2.24, 2.45) is 0 Å². The standard InChI is InChI=1S/C19H16ClN3O2/c1-13-5-4-7-15(11-13)19-22-18(25-23-19)12-21-17(24)10-9-14-6-2-3-8-16(14)20/h2-11H,12H2,1H3,(H,21,24)/b10-9+. The van der Waals surface area contributed by atoms with Gasteiger partial charge in [-0.2, -0.15) is 4.98 Å². The molecular formula is C19H16ClN3O2. The Hall–Kier alpha value is -2.92. The highest BCUT2D eigenvalue weighted by Crippen LogP contribution is 2.17. The van der Waals surface area contributed by atoms with Crippen LogP contribution in [0.1, 0.15) is 17.0 Å². The van der Waals surface area contributed by atoms with E-state index in [2.05, 4.69) is 15.5 Å². The van der Waals surface area contributed by atoms with Gasteiger partial charge in [0.25, 0.3) is 0 Å². The van der Waals surface area contributed by atoms with Crippen LogP contribution in [0.3, 0.4) is 0 Å². The first-order valence-corrected chi connectivity index (χ1v) is 8.10. The van der Waals surface area contributed by atoms with E-state index in [0.29, 0.717) is 16.7 Å². The molecule has 1 aromatic heterocycles. The molecule has 0 saturated heterocycles. The Morgan fingerprint density at radius 3 is 2.88 bits per heavy atom. The molecule has 0 unspecified atom stereocenters. The molecule has 6 heteroatoms. The second-order valence-corrected chi connectivity index (χ2v) is 5.86. The van der Waals surface area contributed by atoms with E-state index in [0.717, 1.165) is 16.7 Å². The maximum absolute atomic E-state index is 11.9. The average molecular weight is 354 g/mol. The monoisotopic (exact) mass is 353 g/mol. The van der Waals surface area contributed by atoms with Crippen molar-refractivity contribution in [1.29, 1.82) is 0 Å². The van der Waals surface area contributed by atoms with Gasteiger partial charge in [0.15, 0.2) is 0 Å². The zero-order valence-electron chi connectivity index (χ0n) is 13.6. The van der Waals surface area contributed by atoms with Crippen LogP contribution in [0.2, 0.25) is 5.02 Å². The van der Waals surface area contributed by atoms with Crippen molar-refractivity contribution >= 4 is 23.6 Å². The van der Waals surface area contributed by atoms with E-state index < -0.39 is 0 Å². The molecule has 3 aromatic rings. The predicted octanol–water partition coefficient (Wildman–Crippen LogP) is 4.03. The SMILES string of the molecule is Cc1cccc(-c2noc(CNC(=O)/C=C/c3ccccc3Cl)n2)c1. The van der Waals surface area contributed by atoms with Gasteiger partial charge in [0.05, 0.1) is 6.54 Å². The number of carbonyl (C=O) groups excluding carboxylic acids is 1. The van der Waals surface area contributed by atoms with Crippen LogP contribution >= 0.6 is 11.6 Å². The second kappa shape index (κ2) is 7.77. The minimum Gasteiger partial charge on any atom is -0.343 e. The molecule has 0 aliphatic carbocycles. The Kier molecular flexibility index (Phi) is 5.26. The van der Waals surface area contributed by atoms with Crippen LogP contribution in [0.5, 0.6) is 0 Å². The van der Waals surface area contributed by atoms with Crippen molar-refractivity contribution in [2.75, 3.05) is 0 Å². The molecule has 0 spiro atoms. The molecule has 1 heterocycles. The Morgan fingerprint density at radius 2 is 2.08 bits per heavy atom. The number of hydrogen-bond donors (Lipinski definition) is 1. The molecule has 0 fully saturated rings. The number of nitrogens with zero attached hydrogens (tertiary/aromatic N) is 2. The Morgan fingerprint density at radius 1 is 1.24 bits per heavy atom. The van der Waals surface area contributed by atoms with E-state index >= 15 is 0 Å². The van der Waals surface area contributed by atoms with Gasteiger partial charge in [-0.1, -0.05) is 58.7 Å². The highest BCUT2D eigenvalue weighted by atomic mass is 35.5. The lowest BCUT2D eigenvalue weighted by molar-refractivity contribution is -0.116. The smallest absolute Gasteiger partial charge is 0.246 e. The van der Waals surface area contributed by atoms with Gasteiger partial charge in [0, 0.05) is 16.7 Å². The molecule has 0 aliphatic rings. The summed E-state index contributed by atoms with van der Waals surface area (Å²) in [7, 11) is 0. The van der Waals surface area contributed by atoms with E-state index in [1.807, 2.05) is 49.4 Å². The summed E-state index contributed by atoms with van der Waals surface area (Å²) < 4.78 is 5.17. The highest BCUT2D eigenvalue weighted by Gasteiger charge is 2.09. The van der Waals surface area contributed by atoms with Crippen LogP contribution in [0, 0.1) is 6.92 Å². The van der Waals surface area contributed by atoms with Crippen LogP contribution < -0.4 is 5.32 Å². The molecule has 126 valence electrons. The normalized spacial score (nSPS) is 11.0. The second-order valence-electron chi connectivity index (χ2n) is 5.45. The van der Waals surface area contributed by atoms with Gasteiger partial charge in [-0.25, -0.2) is 0 Å². The van der Waals surface area contributed by atoms with Crippen LogP contribution in [0.25, 0.3) is 17.5 Å². The van der Waals surface area contributed by atoms with Gasteiger partial charge in [0.2, 0.25) is 17.6 Å². The summed E-state index contributed by atoms with van der Waals surface area (Å²) in [6.07, 6.45) is 3.07. The number of rotatable bonds is 5. The maximum Gasteiger partial charge on any atom is 0.246 e. The van der Waals surface area contributed by atoms with Gasteiger partial charge < -0.3 is 9.84 Å². The van der Waals surface area contributed by atoms with Crippen molar-refractivity contribution in [3.63, 3.8) is 0 Å². The first-order valence-electron chi connectivity index (χ1n) is 7.72. The van der Waals surface area contributed by atoms with E-state index in [1.54, 1.807) is 12.1 Å². The first-order chi connectivity index (χ1) is 12.1. The minimum atomic E-state index is -0.268. The molecular weight excluding hydrogens is 338 g/mol. The van der Waals surface area contributed by atoms with Crippen molar-refractivity contribution in [2.45, 2.75) is 13.5 Å². The maximum atomic E-state index is 11.9. The molecule has 0 radical (unpaired) electrons. The molecule has 0 atom stereocenters. The molecule has 1 N–H and O–H groups in total. The van der Waals surface area contributed by atoms with Crippen molar-refractivity contribution in [3.8, 4) is 11.4 Å². The zero-order valence-corrected chi connectivity index (χ0v) is 14.3. The van der Waals surface area contributed by atoms with Crippen LogP contribution in [-0.4, -0.2) is 16.0 Å². The summed E-state index contributed by atoms with van der Waals surface area (Å²) in [5.41, 5.74) is 2.76. The van der Waals surface area contributed by atoms with Gasteiger partial charge in [0.1, 0.15) is 0 Å². The number of halogens is 1. The van der Waals surface area contributed by atoms with Gasteiger partial charge in [-0.15, -0.1) is 0 Å². The summed E-state index contributed by atoms with van der Waals surface area (Å²) in [5, 5.41) is 7.23. The topological polar surface area (TPSA) is 68.0 Å². The van der Waals surface area contributed by atoms with E-state index in [1.165, 1.54) is 6.08 Å².